The second kappa shape index (κ2) is 9.67. The molecule has 0 saturated heterocycles. The number of hydrogen-bond donors (Lipinski definition) is 0. The van der Waals surface area contributed by atoms with Crippen molar-refractivity contribution in [3.8, 4) is 5.75 Å². The molecule has 1 aromatic heterocycles. The van der Waals surface area contributed by atoms with E-state index in [4.69, 9.17) is 9.47 Å². The van der Waals surface area contributed by atoms with E-state index >= 15 is 0 Å². The van der Waals surface area contributed by atoms with Gasteiger partial charge in [0.05, 0.1) is 36.3 Å². The highest BCUT2D eigenvalue weighted by atomic mass is 79.9. The standard InChI is InChI=1S/C20H17BrN2O7S2/c1-29-14-6-8-15(9-7-14)32(27,28)22(17-10-11-31-19(17)20(24)30-2)12-13-4-3-5-16(18(13)21)23(25)26/h3-11H,12H2,1-2H3. The van der Waals surface area contributed by atoms with Crippen molar-refractivity contribution < 1.29 is 27.6 Å². The van der Waals surface area contributed by atoms with E-state index in [9.17, 15) is 23.3 Å². The molecule has 3 aromatic rings. The van der Waals surface area contributed by atoms with Crippen LogP contribution in [0.3, 0.4) is 0 Å². The molecule has 0 aliphatic carbocycles. The summed E-state index contributed by atoms with van der Waals surface area (Å²) in [7, 11) is -1.51. The number of thiophene rings is 1. The van der Waals surface area contributed by atoms with Gasteiger partial charge >= 0.3 is 5.97 Å². The lowest BCUT2D eigenvalue weighted by Crippen LogP contribution is -2.31. The molecule has 0 aliphatic heterocycles. The first-order valence-corrected chi connectivity index (χ1v) is 12.1. The summed E-state index contributed by atoms with van der Waals surface area (Å²) in [6, 6.07) is 11.6. The summed E-state index contributed by atoms with van der Waals surface area (Å²) < 4.78 is 38.3. The van der Waals surface area contributed by atoms with Crippen molar-refractivity contribution in [1.82, 2.24) is 0 Å². The van der Waals surface area contributed by atoms with Gasteiger partial charge in [-0.3, -0.25) is 14.4 Å². The molecule has 32 heavy (non-hydrogen) atoms. The quantitative estimate of drug-likeness (QED) is 0.232. The van der Waals surface area contributed by atoms with Crippen molar-refractivity contribution >= 4 is 54.6 Å². The number of methoxy groups -OCH3 is 2. The number of rotatable bonds is 8. The summed E-state index contributed by atoms with van der Waals surface area (Å²) >= 11 is 4.24. The number of benzene rings is 2. The molecular formula is C20H17BrN2O7S2. The Morgan fingerprint density at radius 1 is 1.16 bits per heavy atom. The maximum absolute atomic E-state index is 13.6. The fourth-order valence-electron chi connectivity index (χ4n) is 2.90. The minimum atomic E-state index is -4.18. The van der Waals surface area contributed by atoms with Gasteiger partial charge in [-0.1, -0.05) is 12.1 Å². The molecule has 0 unspecified atom stereocenters. The number of ether oxygens (including phenoxy) is 2. The highest BCUT2D eigenvalue weighted by Gasteiger charge is 2.31. The van der Waals surface area contributed by atoms with Crippen LogP contribution >= 0.6 is 27.3 Å². The van der Waals surface area contributed by atoms with Gasteiger partial charge in [-0.15, -0.1) is 11.3 Å². The molecule has 2 aromatic carbocycles. The number of anilines is 1. The Morgan fingerprint density at radius 2 is 1.84 bits per heavy atom. The minimum Gasteiger partial charge on any atom is -0.497 e. The first-order valence-electron chi connectivity index (χ1n) is 8.95. The van der Waals surface area contributed by atoms with Crippen LogP contribution in [0.4, 0.5) is 11.4 Å². The molecule has 0 fully saturated rings. The van der Waals surface area contributed by atoms with Gasteiger partial charge in [0.1, 0.15) is 15.1 Å². The fraction of sp³-hybridized carbons (Fsp3) is 0.150. The normalized spacial score (nSPS) is 11.1. The highest BCUT2D eigenvalue weighted by Crippen LogP contribution is 2.36. The third-order valence-corrected chi connectivity index (χ3v) is 8.07. The van der Waals surface area contributed by atoms with Crippen LogP contribution in [-0.2, 0) is 21.3 Å². The summed E-state index contributed by atoms with van der Waals surface area (Å²) in [5.41, 5.74) is 0.247. The van der Waals surface area contributed by atoms with E-state index in [1.165, 1.54) is 56.7 Å². The summed E-state index contributed by atoms with van der Waals surface area (Å²) in [5, 5.41) is 12.9. The van der Waals surface area contributed by atoms with Crippen molar-refractivity contribution in [2.24, 2.45) is 0 Å². The number of carbonyl (C=O) groups is 1. The van der Waals surface area contributed by atoms with Crippen LogP contribution in [0.5, 0.6) is 5.75 Å². The van der Waals surface area contributed by atoms with Gasteiger partial charge in [-0.2, -0.15) is 0 Å². The van der Waals surface area contributed by atoms with E-state index in [1.807, 2.05) is 0 Å². The van der Waals surface area contributed by atoms with Crippen molar-refractivity contribution in [2.75, 3.05) is 18.5 Å². The molecule has 12 heteroatoms. The van der Waals surface area contributed by atoms with Crippen molar-refractivity contribution in [3.63, 3.8) is 0 Å². The van der Waals surface area contributed by atoms with E-state index in [2.05, 4.69) is 15.9 Å². The van der Waals surface area contributed by atoms with Gasteiger partial charge < -0.3 is 9.47 Å². The van der Waals surface area contributed by atoms with Crippen LogP contribution in [0.2, 0.25) is 0 Å². The third-order valence-electron chi connectivity index (χ3n) is 4.50. The lowest BCUT2D eigenvalue weighted by Gasteiger charge is -2.25. The number of nitrogens with zero attached hydrogens (tertiary/aromatic N) is 2. The first kappa shape index (κ1) is 23.7. The maximum atomic E-state index is 13.6. The number of hydrogen-bond acceptors (Lipinski definition) is 8. The predicted molar refractivity (Wildman–Crippen MR) is 123 cm³/mol. The second-order valence-electron chi connectivity index (χ2n) is 6.32. The molecule has 0 saturated carbocycles. The molecule has 0 radical (unpaired) electrons. The molecule has 9 nitrogen and oxygen atoms in total. The van der Waals surface area contributed by atoms with Gasteiger partial charge in [0.15, 0.2) is 0 Å². The lowest BCUT2D eigenvalue weighted by molar-refractivity contribution is -0.385. The van der Waals surface area contributed by atoms with Gasteiger partial charge in [-0.25, -0.2) is 13.2 Å². The summed E-state index contributed by atoms with van der Waals surface area (Å²) in [5.74, 6) is -0.217. The Labute approximate surface area is 196 Å². The number of esters is 1. The van der Waals surface area contributed by atoms with Gasteiger partial charge in [0.2, 0.25) is 0 Å². The van der Waals surface area contributed by atoms with E-state index < -0.39 is 20.9 Å². The zero-order chi connectivity index (χ0) is 23.5. The van der Waals surface area contributed by atoms with Crippen LogP contribution < -0.4 is 9.04 Å². The van der Waals surface area contributed by atoms with Crippen LogP contribution in [-0.4, -0.2) is 33.5 Å². The van der Waals surface area contributed by atoms with E-state index in [-0.39, 0.29) is 32.2 Å². The van der Waals surface area contributed by atoms with Crippen molar-refractivity contribution in [2.45, 2.75) is 11.4 Å². The lowest BCUT2D eigenvalue weighted by atomic mass is 10.2. The summed E-state index contributed by atoms with van der Waals surface area (Å²) in [4.78, 5) is 23.1. The third kappa shape index (κ3) is 4.61. The average Bonchev–Trinajstić information content (AvgIpc) is 3.26. The molecule has 0 spiro atoms. The first-order chi connectivity index (χ1) is 15.2. The van der Waals surface area contributed by atoms with Crippen LogP contribution in [0.1, 0.15) is 15.2 Å². The fourth-order valence-corrected chi connectivity index (χ4v) is 5.76. The Balaban J connectivity index is 2.17. The number of carbonyl (C=O) groups excluding carboxylic acids is 1. The zero-order valence-electron chi connectivity index (χ0n) is 16.8. The van der Waals surface area contributed by atoms with Crippen LogP contribution in [0, 0.1) is 10.1 Å². The molecule has 0 N–H and O–H groups in total. The second-order valence-corrected chi connectivity index (χ2v) is 9.89. The molecule has 3 rings (SSSR count). The Kier molecular flexibility index (Phi) is 7.16. The summed E-state index contributed by atoms with van der Waals surface area (Å²) in [6.45, 7) is -0.267. The minimum absolute atomic E-state index is 0.0399. The van der Waals surface area contributed by atoms with Crippen LogP contribution in [0.25, 0.3) is 0 Å². The van der Waals surface area contributed by atoms with Crippen molar-refractivity contribution in [3.05, 3.63) is 78.9 Å². The summed E-state index contributed by atoms with van der Waals surface area (Å²) in [6.07, 6.45) is 0. The molecular weight excluding hydrogens is 524 g/mol. The van der Waals surface area contributed by atoms with Gasteiger partial charge in [-0.05, 0) is 57.2 Å². The number of sulfonamides is 1. The monoisotopic (exact) mass is 540 g/mol. The van der Waals surface area contributed by atoms with E-state index in [0.29, 0.717) is 11.3 Å². The zero-order valence-corrected chi connectivity index (χ0v) is 20.1. The van der Waals surface area contributed by atoms with Crippen molar-refractivity contribution in [1.29, 1.82) is 0 Å². The Morgan fingerprint density at radius 3 is 2.44 bits per heavy atom. The number of halogens is 1. The van der Waals surface area contributed by atoms with E-state index in [1.54, 1.807) is 11.4 Å². The number of nitro benzene ring substituents is 1. The molecule has 1 heterocycles. The molecule has 0 bridgehead atoms. The van der Waals surface area contributed by atoms with Gasteiger partial charge in [0, 0.05) is 6.07 Å². The van der Waals surface area contributed by atoms with Crippen LogP contribution in [0.15, 0.2) is 63.3 Å². The smallest absolute Gasteiger partial charge is 0.350 e. The molecule has 0 aliphatic rings. The Bertz CT molecular complexity index is 1260. The molecule has 0 amide bonds. The largest absolute Gasteiger partial charge is 0.497 e. The Hall–Kier alpha value is -2.96. The topological polar surface area (TPSA) is 116 Å². The number of nitro groups is 1. The predicted octanol–water partition coefficient (Wildman–Crippen LogP) is 4.61. The highest BCUT2D eigenvalue weighted by molar-refractivity contribution is 9.10. The van der Waals surface area contributed by atoms with E-state index in [0.717, 1.165) is 15.6 Å². The maximum Gasteiger partial charge on any atom is 0.350 e. The molecule has 0 atom stereocenters. The SMILES string of the molecule is COC(=O)c1sccc1N(Cc1cccc([N+](=O)[O-])c1Br)S(=O)(=O)c1ccc(OC)cc1. The average molecular weight is 541 g/mol. The molecule has 168 valence electrons. The van der Waals surface area contributed by atoms with Gasteiger partial charge in [0.25, 0.3) is 15.7 Å².